The number of aromatic nitrogens is 6. The van der Waals surface area contributed by atoms with Crippen LogP contribution in [0.25, 0.3) is 22.2 Å². The van der Waals surface area contributed by atoms with Gasteiger partial charge in [0.15, 0.2) is 11.5 Å². The lowest BCUT2D eigenvalue weighted by Crippen LogP contribution is -2.63. The first-order valence-corrected chi connectivity index (χ1v) is 10.7. The van der Waals surface area contributed by atoms with Gasteiger partial charge >= 0.3 is 0 Å². The van der Waals surface area contributed by atoms with E-state index in [9.17, 15) is 10.1 Å². The molecule has 33 heavy (non-hydrogen) atoms. The van der Waals surface area contributed by atoms with E-state index in [1.807, 2.05) is 54.2 Å². The van der Waals surface area contributed by atoms with Gasteiger partial charge in [0.05, 0.1) is 18.7 Å². The Bertz CT molecular complexity index is 1360. The molecule has 1 aliphatic heterocycles. The smallest absolute Gasteiger partial charge is 0.273 e. The number of nitriles is 1. The number of H-pyrrole nitrogens is 1. The van der Waals surface area contributed by atoms with Gasteiger partial charge in [-0.15, -0.1) is 0 Å². The third kappa shape index (κ3) is 3.57. The zero-order valence-electron chi connectivity index (χ0n) is 18.4. The topological polar surface area (TPSA) is 128 Å². The minimum Gasteiger partial charge on any atom is -0.350 e. The predicted molar refractivity (Wildman–Crippen MR) is 122 cm³/mol. The Labute approximate surface area is 190 Å². The van der Waals surface area contributed by atoms with Crippen molar-refractivity contribution >= 4 is 22.8 Å². The first-order chi connectivity index (χ1) is 16.0. The highest BCUT2D eigenvalue weighted by Crippen LogP contribution is 2.37. The van der Waals surface area contributed by atoms with Crippen molar-refractivity contribution in [1.29, 1.82) is 5.26 Å². The summed E-state index contributed by atoms with van der Waals surface area (Å²) in [4.78, 5) is 30.7. The van der Waals surface area contributed by atoms with Gasteiger partial charge in [0.2, 0.25) is 0 Å². The summed E-state index contributed by atoms with van der Waals surface area (Å²) in [5.74, 6) is 0.250. The maximum atomic E-state index is 12.6. The summed E-state index contributed by atoms with van der Waals surface area (Å²) in [6.07, 6.45) is 10.8. The quantitative estimate of drug-likeness (QED) is 0.470. The molecule has 0 saturated carbocycles. The number of anilines is 1. The van der Waals surface area contributed by atoms with Crippen LogP contribution in [0.1, 0.15) is 30.8 Å². The Morgan fingerprint density at radius 2 is 2.06 bits per heavy atom. The molecule has 1 saturated heterocycles. The van der Waals surface area contributed by atoms with Crippen molar-refractivity contribution in [3.63, 3.8) is 0 Å². The monoisotopic (exact) mass is 441 g/mol. The molecule has 5 heterocycles. The third-order valence-electron chi connectivity index (χ3n) is 5.83. The van der Waals surface area contributed by atoms with E-state index in [2.05, 4.69) is 36.4 Å². The average molecular weight is 441 g/mol. The van der Waals surface area contributed by atoms with E-state index in [0.717, 1.165) is 22.2 Å². The molecule has 1 amide bonds. The molecular weight excluding hydrogens is 418 g/mol. The van der Waals surface area contributed by atoms with Gasteiger partial charge in [0.1, 0.15) is 11.2 Å². The molecule has 10 heteroatoms. The molecule has 4 aromatic heterocycles. The molecule has 5 rings (SSSR count). The summed E-state index contributed by atoms with van der Waals surface area (Å²) in [5.41, 5.74) is 2.56. The summed E-state index contributed by atoms with van der Waals surface area (Å²) < 4.78 is 1.87. The lowest BCUT2D eigenvalue weighted by Gasteiger charge is -2.49. The van der Waals surface area contributed by atoms with E-state index in [-0.39, 0.29) is 24.1 Å². The van der Waals surface area contributed by atoms with Gasteiger partial charge in [-0.2, -0.15) is 10.4 Å². The SMILES string of the molecule is CC(C)NC(=O)c1nccnc1N1CC(CC#N)(n2cc(-c3ccnc4[nH]ccc34)cn2)C1. The van der Waals surface area contributed by atoms with Crippen LogP contribution >= 0.6 is 0 Å². The van der Waals surface area contributed by atoms with Crippen LogP contribution in [0.5, 0.6) is 0 Å². The number of carbonyl (C=O) groups is 1. The first kappa shape index (κ1) is 20.6. The normalized spacial score (nSPS) is 14.8. The number of fused-ring (bicyclic) bond motifs is 1. The maximum absolute atomic E-state index is 12.6. The number of rotatable bonds is 6. The number of hydrogen-bond donors (Lipinski definition) is 2. The van der Waals surface area contributed by atoms with Crippen molar-refractivity contribution < 1.29 is 4.79 Å². The standard InChI is InChI=1S/C23H23N9O/c1-15(2)30-22(33)19-21(28-10-9-25-19)31-13-23(14-31,5-6-24)32-12-16(11-29-32)17-3-7-26-20-18(17)4-8-27-20/h3-4,7-12,15H,5,13-14H2,1-2H3,(H,26,27)(H,30,33). The molecule has 4 aromatic rings. The van der Waals surface area contributed by atoms with Crippen molar-refractivity contribution in [2.75, 3.05) is 18.0 Å². The minimum absolute atomic E-state index is 0.0106. The summed E-state index contributed by atoms with van der Waals surface area (Å²) >= 11 is 0. The van der Waals surface area contributed by atoms with E-state index in [1.165, 1.54) is 6.20 Å². The molecule has 2 N–H and O–H groups in total. The highest BCUT2D eigenvalue weighted by molar-refractivity contribution is 5.97. The second-order valence-electron chi connectivity index (χ2n) is 8.54. The fourth-order valence-electron chi connectivity index (χ4n) is 4.29. The van der Waals surface area contributed by atoms with E-state index in [0.29, 0.717) is 18.9 Å². The molecule has 10 nitrogen and oxygen atoms in total. The zero-order chi connectivity index (χ0) is 23.0. The fraction of sp³-hybridized carbons (Fsp3) is 0.304. The molecule has 0 bridgehead atoms. The van der Waals surface area contributed by atoms with Gasteiger partial charge in [0.25, 0.3) is 5.91 Å². The average Bonchev–Trinajstić information content (AvgIpc) is 3.45. The van der Waals surface area contributed by atoms with Gasteiger partial charge in [-0.05, 0) is 31.5 Å². The highest BCUT2D eigenvalue weighted by Gasteiger charge is 2.47. The van der Waals surface area contributed by atoms with Gasteiger partial charge in [-0.1, -0.05) is 0 Å². The molecule has 0 aromatic carbocycles. The Hall–Kier alpha value is -4.26. The first-order valence-electron chi connectivity index (χ1n) is 10.7. The van der Waals surface area contributed by atoms with Crippen LogP contribution in [0.2, 0.25) is 0 Å². The van der Waals surface area contributed by atoms with E-state index in [4.69, 9.17) is 0 Å². The van der Waals surface area contributed by atoms with Gasteiger partial charge in [-0.25, -0.2) is 15.0 Å². The lowest BCUT2D eigenvalue weighted by atomic mass is 9.86. The molecule has 0 atom stereocenters. The summed E-state index contributed by atoms with van der Waals surface area (Å²) in [6.45, 7) is 4.79. The Balaban J connectivity index is 1.43. The van der Waals surface area contributed by atoms with Gasteiger partial charge < -0.3 is 15.2 Å². The second kappa shape index (κ2) is 8.02. The van der Waals surface area contributed by atoms with Crippen LogP contribution in [-0.4, -0.2) is 54.8 Å². The van der Waals surface area contributed by atoms with Crippen LogP contribution in [0.3, 0.4) is 0 Å². The number of pyridine rings is 1. The van der Waals surface area contributed by atoms with Crippen molar-refractivity contribution in [2.45, 2.75) is 31.8 Å². The Morgan fingerprint density at radius 1 is 1.24 bits per heavy atom. The fourth-order valence-corrected chi connectivity index (χ4v) is 4.29. The molecule has 0 radical (unpaired) electrons. The van der Waals surface area contributed by atoms with E-state index >= 15 is 0 Å². The molecule has 166 valence electrons. The molecular formula is C23H23N9O. The second-order valence-corrected chi connectivity index (χ2v) is 8.54. The number of aromatic amines is 1. The van der Waals surface area contributed by atoms with Crippen LogP contribution in [0, 0.1) is 11.3 Å². The number of carbonyl (C=O) groups excluding carboxylic acids is 1. The largest absolute Gasteiger partial charge is 0.350 e. The Morgan fingerprint density at radius 3 is 2.85 bits per heavy atom. The maximum Gasteiger partial charge on any atom is 0.273 e. The third-order valence-corrected chi connectivity index (χ3v) is 5.83. The lowest BCUT2D eigenvalue weighted by molar-refractivity contribution is 0.0937. The van der Waals surface area contributed by atoms with Crippen molar-refractivity contribution in [2.24, 2.45) is 0 Å². The molecule has 1 aliphatic rings. The zero-order valence-corrected chi connectivity index (χ0v) is 18.4. The van der Waals surface area contributed by atoms with Crippen molar-refractivity contribution in [3.05, 3.63) is 55.0 Å². The van der Waals surface area contributed by atoms with Crippen LogP contribution in [0.4, 0.5) is 5.82 Å². The van der Waals surface area contributed by atoms with Crippen molar-refractivity contribution in [3.8, 4) is 17.2 Å². The summed E-state index contributed by atoms with van der Waals surface area (Å²) in [7, 11) is 0. The van der Waals surface area contributed by atoms with Crippen LogP contribution in [-0.2, 0) is 5.54 Å². The number of hydrogen-bond acceptors (Lipinski definition) is 7. The van der Waals surface area contributed by atoms with Crippen LogP contribution in [0.15, 0.2) is 49.3 Å². The number of amides is 1. The Kier molecular flexibility index (Phi) is 5.01. The highest BCUT2D eigenvalue weighted by atomic mass is 16.2. The number of nitrogens with zero attached hydrogens (tertiary/aromatic N) is 7. The minimum atomic E-state index is -0.513. The summed E-state index contributed by atoms with van der Waals surface area (Å²) in [5, 5.41) is 18.0. The molecule has 0 spiro atoms. The molecule has 1 fully saturated rings. The summed E-state index contributed by atoms with van der Waals surface area (Å²) in [6, 6.07) is 6.24. The van der Waals surface area contributed by atoms with Crippen LogP contribution < -0.4 is 10.2 Å². The molecule has 0 aliphatic carbocycles. The van der Waals surface area contributed by atoms with Gasteiger partial charge in [-0.3, -0.25) is 9.48 Å². The van der Waals surface area contributed by atoms with E-state index < -0.39 is 5.54 Å². The van der Waals surface area contributed by atoms with Crippen molar-refractivity contribution in [1.82, 2.24) is 35.0 Å². The molecule has 0 unspecified atom stereocenters. The predicted octanol–water partition coefficient (Wildman–Crippen LogP) is 2.48. The van der Waals surface area contributed by atoms with Gasteiger partial charge in [0, 0.05) is 61.1 Å². The van der Waals surface area contributed by atoms with E-state index in [1.54, 1.807) is 12.4 Å². The number of nitrogens with one attached hydrogen (secondary N) is 2.